The molecule has 0 saturated carbocycles. The van der Waals surface area contributed by atoms with Crippen LogP contribution in [0.5, 0.6) is 11.5 Å². The van der Waals surface area contributed by atoms with E-state index >= 15 is 0 Å². The normalized spacial score (nSPS) is 10.3. The fourth-order valence-corrected chi connectivity index (χ4v) is 2.06. The molecule has 116 valence electrons. The van der Waals surface area contributed by atoms with E-state index in [1.54, 1.807) is 43.5 Å². The fourth-order valence-electron chi connectivity index (χ4n) is 2.06. The molecule has 0 bridgehead atoms. The summed E-state index contributed by atoms with van der Waals surface area (Å²) in [6, 6.07) is 12.1. The van der Waals surface area contributed by atoms with Crippen LogP contribution in [0.1, 0.15) is 15.9 Å². The van der Waals surface area contributed by atoms with Gasteiger partial charge in [-0.1, -0.05) is 6.07 Å². The predicted octanol–water partition coefficient (Wildman–Crippen LogP) is 2.20. The molecule has 1 heterocycles. The molecule has 0 amide bonds. The Morgan fingerprint density at radius 1 is 1.13 bits per heavy atom. The van der Waals surface area contributed by atoms with Crippen LogP contribution in [0.2, 0.25) is 0 Å². The quantitative estimate of drug-likeness (QED) is 0.543. The number of carbonyl (C=O) groups is 1. The Morgan fingerprint density at radius 2 is 1.91 bits per heavy atom. The maximum absolute atomic E-state index is 12.2. The van der Waals surface area contributed by atoms with Crippen molar-refractivity contribution in [2.45, 2.75) is 6.92 Å². The van der Waals surface area contributed by atoms with E-state index in [1.807, 2.05) is 13.0 Å². The third kappa shape index (κ3) is 3.18. The Morgan fingerprint density at radius 3 is 2.57 bits per heavy atom. The molecule has 23 heavy (non-hydrogen) atoms. The Balaban J connectivity index is 1.75. The summed E-state index contributed by atoms with van der Waals surface area (Å²) >= 11 is 0. The number of methoxy groups -OCH3 is 1. The Kier molecular flexibility index (Phi) is 4.01. The van der Waals surface area contributed by atoms with E-state index in [0.29, 0.717) is 17.1 Å². The average Bonchev–Trinajstić information content (AvgIpc) is 3.10. The summed E-state index contributed by atoms with van der Waals surface area (Å²) in [5.74, 6) is 0.637. The van der Waals surface area contributed by atoms with Crippen LogP contribution in [0, 0.1) is 6.92 Å². The molecule has 0 N–H and O–H groups in total. The third-order valence-corrected chi connectivity index (χ3v) is 3.30. The van der Waals surface area contributed by atoms with Crippen molar-refractivity contribution in [1.82, 2.24) is 20.2 Å². The van der Waals surface area contributed by atoms with Crippen molar-refractivity contribution in [2.75, 3.05) is 7.11 Å². The van der Waals surface area contributed by atoms with Crippen molar-refractivity contribution in [3.8, 4) is 17.2 Å². The van der Waals surface area contributed by atoms with Crippen molar-refractivity contribution in [1.29, 1.82) is 0 Å². The van der Waals surface area contributed by atoms with Crippen LogP contribution in [0.15, 0.2) is 48.8 Å². The van der Waals surface area contributed by atoms with Gasteiger partial charge in [0.25, 0.3) is 0 Å². The summed E-state index contributed by atoms with van der Waals surface area (Å²) in [6.45, 7) is 1.91. The SMILES string of the molecule is COc1cc(C(=O)Oc2ccc(-n3cnnn3)cc2)ccc1C. The first-order valence-electron chi connectivity index (χ1n) is 6.87. The molecule has 0 aliphatic rings. The first-order valence-corrected chi connectivity index (χ1v) is 6.87. The molecule has 3 rings (SSSR count). The molecule has 0 fully saturated rings. The first-order chi connectivity index (χ1) is 11.2. The molecule has 3 aromatic rings. The molecule has 0 spiro atoms. The molecule has 0 radical (unpaired) electrons. The van der Waals surface area contributed by atoms with Gasteiger partial charge in [-0.3, -0.25) is 0 Å². The van der Waals surface area contributed by atoms with Crippen LogP contribution in [-0.2, 0) is 0 Å². The number of rotatable bonds is 4. The number of carbonyl (C=O) groups excluding carboxylic acids is 1. The van der Waals surface area contributed by atoms with Crippen LogP contribution in [-0.4, -0.2) is 33.3 Å². The van der Waals surface area contributed by atoms with Gasteiger partial charge in [0.05, 0.1) is 18.4 Å². The van der Waals surface area contributed by atoms with Gasteiger partial charge in [-0.2, -0.15) is 0 Å². The van der Waals surface area contributed by atoms with Gasteiger partial charge in [-0.05, 0) is 59.3 Å². The highest BCUT2D eigenvalue weighted by molar-refractivity contribution is 5.91. The van der Waals surface area contributed by atoms with Crippen LogP contribution in [0.4, 0.5) is 0 Å². The van der Waals surface area contributed by atoms with Gasteiger partial charge < -0.3 is 9.47 Å². The number of esters is 1. The number of aryl methyl sites for hydroxylation is 1. The molecule has 0 aliphatic heterocycles. The maximum atomic E-state index is 12.2. The molecule has 0 saturated heterocycles. The minimum atomic E-state index is -0.446. The molecule has 0 atom stereocenters. The smallest absolute Gasteiger partial charge is 0.343 e. The molecular weight excluding hydrogens is 296 g/mol. The van der Waals surface area contributed by atoms with Crippen molar-refractivity contribution < 1.29 is 14.3 Å². The highest BCUT2D eigenvalue weighted by Crippen LogP contribution is 2.21. The number of ether oxygens (including phenoxy) is 2. The Labute approximate surface area is 132 Å². The first kappa shape index (κ1) is 14.7. The minimum absolute atomic E-state index is 0.428. The number of aromatic nitrogens is 4. The zero-order chi connectivity index (χ0) is 16.2. The second-order valence-electron chi connectivity index (χ2n) is 4.82. The van der Waals surface area contributed by atoms with Crippen molar-refractivity contribution in [2.24, 2.45) is 0 Å². The molecule has 1 aromatic heterocycles. The predicted molar refractivity (Wildman–Crippen MR) is 81.8 cm³/mol. The van der Waals surface area contributed by atoms with Gasteiger partial charge in [0.2, 0.25) is 0 Å². The lowest BCUT2D eigenvalue weighted by Crippen LogP contribution is -2.09. The van der Waals surface area contributed by atoms with E-state index < -0.39 is 5.97 Å². The summed E-state index contributed by atoms with van der Waals surface area (Å²) in [4.78, 5) is 12.2. The van der Waals surface area contributed by atoms with Crippen LogP contribution in [0.3, 0.4) is 0 Å². The summed E-state index contributed by atoms with van der Waals surface area (Å²) in [7, 11) is 1.56. The van der Waals surface area contributed by atoms with Crippen LogP contribution < -0.4 is 9.47 Å². The minimum Gasteiger partial charge on any atom is -0.496 e. The molecular formula is C16H14N4O3. The van der Waals surface area contributed by atoms with Gasteiger partial charge in [0.15, 0.2) is 0 Å². The summed E-state index contributed by atoms with van der Waals surface area (Å²) in [5, 5.41) is 10.9. The van der Waals surface area contributed by atoms with E-state index in [1.165, 1.54) is 11.0 Å². The number of benzene rings is 2. The van der Waals surface area contributed by atoms with Crippen LogP contribution >= 0.6 is 0 Å². The topological polar surface area (TPSA) is 79.1 Å². The molecule has 0 unspecified atom stereocenters. The second-order valence-corrected chi connectivity index (χ2v) is 4.82. The Bertz CT molecular complexity index is 814. The highest BCUT2D eigenvalue weighted by Gasteiger charge is 2.11. The average molecular weight is 310 g/mol. The van der Waals surface area contributed by atoms with E-state index in [2.05, 4.69) is 15.5 Å². The fraction of sp³-hybridized carbons (Fsp3) is 0.125. The monoisotopic (exact) mass is 310 g/mol. The van der Waals surface area contributed by atoms with Crippen LogP contribution in [0.25, 0.3) is 5.69 Å². The van der Waals surface area contributed by atoms with Gasteiger partial charge >= 0.3 is 5.97 Å². The lowest BCUT2D eigenvalue weighted by molar-refractivity contribution is 0.0734. The van der Waals surface area contributed by atoms with Gasteiger partial charge in [0, 0.05) is 0 Å². The number of hydrogen-bond donors (Lipinski definition) is 0. The summed E-state index contributed by atoms with van der Waals surface area (Å²) < 4.78 is 12.1. The van der Waals surface area contributed by atoms with Gasteiger partial charge in [-0.15, -0.1) is 5.10 Å². The zero-order valence-corrected chi connectivity index (χ0v) is 12.6. The summed E-state index contributed by atoms with van der Waals surface area (Å²) in [5.41, 5.74) is 2.15. The highest BCUT2D eigenvalue weighted by atomic mass is 16.5. The number of tetrazole rings is 1. The van der Waals surface area contributed by atoms with E-state index in [9.17, 15) is 4.79 Å². The molecule has 0 aliphatic carbocycles. The molecule has 7 nitrogen and oxygen atoms in total. The maximum Gasteiger partial charge on any atom is 0.343 e. The number of hydrogen-bond acceptors (Lipinski definition) is 6. The van der Waals surface area contributed by atoms with Crippen molar-refractivity contribution in [3.05, 3.63) is 59.9 Å². The number of nitrogens with zero attached hydrogens (tertiary/aromatic N) is 4. The lowest BCUT2D eigenvalue weighted by Gasteiger charge is -2.08. The molecule has 2 aromatic carbocycles. The van der Waals surface area contributed by atoms with Gasteiger partial charge in [0.1, 0.15) is 17.8 Å². The summed E-state index contributed by atoms with van der Waals surface area (Å²) in [6.07, 6.45) is 1.49. The standard InChI is InChI=1S/C16H14N4O3/c1-11-3-4-12(9-15(11)22-2)16(21)23-14-7-5-13(6-8-14)20-10-17-18-19-20/h3-10H,1-2H3. The van der Waals surface area contributed by atoms with Crippen molar-refractivity contribution >= 4 is 5.97 Å². The van der Waals surface area contributed by atoms with E-state index in [4.69, 9.17) is 9.47 Å². The largest absolute Gasteiger partial charge is 0.496 e. The zero-order valence-electron chi connectivity index (χ0n) is 12.6. The second kappa shape index (κ2) is 6.27. The van der Waals surface area contributed by atoms with E-state index in [0.717, 1.165) is 11.3 Å². The molecule has 7 heteroatoms. The van der Waals surface area contributed by atoms with Crippen molar-refractivity contribution in [3.63, 3.8) is 0 Å². The Hall–Kier alpha value is -3.22. The van der Waals surface area contributed by atoms with E-state index in [-0.39, 0.29) is 0 Å². The lowest BCUT2D eigenvalue weighted by atomic mass is 10.1. The third-order valence-electron chi connectivity index (χ3n) is 3.30. The van der Waals surface area contributed by atoms with Gasteiger partial charge in [-0.25, -0.2) is 9.48 Å².